The molecular formula is C31H33N5O9. The molecule has 3 aliphatic rings. The Morgan fingerprint density at radius 2 is 1.67 bits per heavy atom. The molecule has 3 aliphatic carbocycles. The molecule has 45 heavy (non-hydrogen) atoms. The lowest BCUT2D eigenvalue weighted by molar-refractivity contribution is -0.148. The number of nitrogens with zero attached hydrogens (tertiary/aromatic N) is 2. The van der Waals surface area contributed by atoms with Gasteiger partial charge >= 0.3 is 6.03 Å². The van der Waals surface area contributed by atoms with Gasteiger partial charge in [-0.25, -0.2) is 4.79 Å². The van der Waals surface area contributed by atoms with Gasteiger partial charge in [0.1, 0.15) is 17.1 Å². The summed E-state index contributed by atoms with van der Waals surface area (Å²) in [6, 6.07) is 7.27. The number of Topliss-reactive ketones (excluding diaryl/α,β-unsaturated/α-hetero) is 2. The molecule has 2 aromatic carbocycles. The highest BCUT2D eigenvalue weighted by atomic mass is 16.3. The molecule has 0 fully saturated rings. The van der Waals surface area contributed by atoms with E-state index in [9.17, 15) is 44.4 Å². The normalized spacial score (nSPS) is 24.1. The van der Waals surface area contributed by atoms with E-state index in [0.717, 1.165) is 0 Å². The predicted molar refractivity (Wildman–Crippen MR) is 161 cm³/mol. The van der Waals surface area contributed by atoms with Gasteiger partial charge < -0.3 is 36.4 Å². The number of nitrogens with one attached hydrogen (secondary N) is 2. The number of hydrogen-bond donors (Lipinski definition) is 7. The number of imide groups is 1. The molecule has 0 spiro atoms. The van der Waals surface area contributed by atoms with Crippen molar-refractivity contribution in [2.75, 3.05) is 38.4 Å². The van der Waals surface area contributed by atoms with Crippen LogP contribution in [-0.2, 0) is 16.0 Å². The smallest absolute Gasteiger partial charge is 0.326 e. The number of carbonyl (C=O) groups is 5. The van der Waals surface area contributed by atoms with Crippen molar-refractivity contribution in [2.45, 2.75) is 24.5 Å². The number of primary amides is 1. The van der Waals surface area contributed by atoms with Crippen LogP contribution in [0.5, 0.6) is 5.75 Å². The van der Waals surface area contributed by atoms with Crippen LogP contribution in [0.4, 0.5) is 16.2 Å². The Hall–Kier alpha value is -5.21. The average Bonchev–Trinajstić information content (AvgIpc) is 2.96. The van der Waals surface area contributed by atoms with E-state index in [4.69, 9.17) is 5.73 Å². The largest absolute Gasteiger partial charge is 0.510 e. The number of aromatic hydroxyl groups is 1. The lowest BCUT2D eigenvalue weighted by Gasteiger charge is -2.50. The molecule has 0 radical (unpaired) electrons. The summed E-state index contributed by atoms with van der Waals surface area (Å²) in [4.78, 5) is 68.1. The number of ketones is 2. The SMILES string of the molecule is CN(C)c1cc(NC(=O)NC(=O)c2ccccc2)c(O)c2c1C[C@@H]1C[C@@H]3[C@@H](N(C)C)C(O)=C(C(N)=O)C(=O)[C@]3(O)C(O)=C1C2=O. The number of allylic oxidation sites excluding steroid dienone is 1. The summed E-state index contributed by atoms with van der Waals surface area (Å²) >= 11 is 0. The van der Waals surface area contributed by atoms with Crippen LogP contribution in [0.2, 0.25) is 0 Å². The highest BCUT2D eigenvalue weighted by molar-refractivity contribution is 6.25. The Morgan fingerprint density at radius 1 is 1.02 bits per heavy atom. The van der Waals surface area contributed by atoms with Crippen LogP contribution < -0.4 is 21.3 Å². The van der Waals surface area contributed by atoms with Gasteiger partial charge in [0.2, 0.25) is 5.78 Å². The fraction of sp³-hybridized carbons (Fsp3) is 0.323. The number of urea groups is 1. The lowest BCUT2D eigenvalue weighted by atomic mass is 9.58. The van der Waals surface area contributed by atoms with E-state index in [-0.39, 0.29) is 35.2 Å². The molecule has 0 bridgehead atoms. The molecule has 5 rings (SSSR count). The van der Waals surface area contributed by atoms with Gasteiger partial charge in [0, 0.05) is 36.8 Å². The summed E-state index contributed by atoms with van der Waals surface area (Å²) in [7, 11) is 6.46. The maximum absolute atomic E-state index is 14.1. The molecule has 0 aliphatic heterocycles. The molecule has 8 N–H and O–H groups in total. The summed E-state index contributed by atoms with van der Waals surface area (Å²) in [5.41, 5.74) is 1.87. The Balaban J connectivity index is 1.60. The van der Waals surface area contributed by atoms with Crippen molar-refractivity contribution in [3.8, 4) is 5.75 Å². The molecule has 236 valence electrons. The van der Waals surface area contributed by atoms with Crippen LogP contribution in [0.3, 0.4) is 0 Å². The van der Waals surface area contributed by atoms with Gasteiger partial charge in [-0.05, 0) is 56.6 Å². The number of benzene rings is 2. The van der Waals surface area contributed by atoms with E-state index in [2.05, 4.69) is 10.6 Å². The van der Waals surface area contributed by atoms with Gasteiger partial charge in [0.05, 0.1) is 17.3 Å². The fourth-order valence-corrected chi connectivity index (χ4v) is 6.71. The number of likely N-dealkylation sites (N-methyl/N-ethyl adjacent to an activating group) is 1. The minimum atomic E-state index is -2.78. The van der Waals surface area contributed by atoms with Crippen LogP contribution in [0.25, 0.3) is 0 Å². The maximum Gasteiger partial charge on any atom is 0.326 e. The highest BCUT2D eigenvalue weighted by Crippen LogP contribution is 2.53. The molecule has 4 amide bonds. The van der Waals surface area contributed by atoms with Crippen LogP contribution >= 0.6 is 0 Å². The molecule has 0 aromatic heterocycles. The van der Waals surface area contributed by atoms with Crippen molar-refractivity contribution in [1.29, 1.82) is 0 Å². The summed E-state index contributed by atoms with van der Waals surface area (Å²) < 4.78 is 0. The third-order valence-corrected chi connectivity index (χ3v) is 8.69. The molecule has 0 unspecified atom stereocenters. The Morgan fingerprint density at radius 3 is 2.24 bits per heavy atom. The number of rotatable bonds is 5. The van der Waals surface area contributed by atoms with E-state index >= 15 is 0 Å². The number of aliphatic hydroxyl groups is 3. The Kier molecular flexibility index (Phi) is 7.67. The highest BCUT2D eigenvalue weighted by Gasteiger charge is 2.63. The Labute approximate surface area is 257 Å². The van der Waals surface area contributed by atoms with Gasteiger partial charge in [-0.15, -0.1) is 0 Å². The number of phenolic OH excluding ortho intramolecular Hbond substituents is 1. The number of amides is 4. The van der Waals surface area contributed by atoms with Crippen LogP contribution in [0, 0.1) is 11.8 Å². The summed E-state index contributed by atoms with van der Waals surface area (Å²) in [6.07, 6.45) is -0.00201. The number of hydrogen-bond acceptors (Lipinski definition) is 11. The second-order valence-corrected chi connectivity index (χ2v) is 11.8. The first-order chi connectivity index (χ1) is 21.1. The number of aliphatic hydroxyl groups excluding tert-OH is 2. The van der Waals surface area contributed by atoms with Crippen LogP contribution in [-0.4, -0.2) is 94.6 Å². The summed E-state index contributed by atoms with van der Waals surface area (Å²) in [5.74, 6) is -8.52. The predicted octanol–water partition coefficient (Wildman–Crippen LogP) is 1.15. The van der Waals surface area contributed by atoms with Crippen LogP contribution in [0.1, 0.15) is 32.7 Å². The van der Waals surface area contributed by atoms with E-state index in [0.29, 0.717) is 11.3 Å². The molecule has 2 aromatic rings. The number of phenols is 1. The molecule has 0 heterocycles. The standard InChI is InChI=1S/C31H33N5O9/c1-35(2)18-12-17(33-30(44)34-29(43)13-8-6-5-7-9-13)23(37)20-15(18)10-14-11-16-22(36(3)4)25(39)21(28(32)42)27(41)31(16,45)26(40)19(14)24(20)38/h5-9,12,14,16,22,37,39-40,45H,10-11H2,1-4H3,(H2,32,42)(H2,33,34,43,44)/t14-,16-,22-,31-/m1/s1. The van der Waals surface area contributed by atoms with Gasteiger partial charge in [-0.2, -0.15) is 0 Å². The number of anilines is 2. The van der Waals surface area contributed by atoms with Gasteiger partial charge in [0.25, 0.3) is 11.8 Å². The topological polar surface area (TPSA) is 223 Å². The minimum Gasteiger partial charge on any atom is -0.510 e. The summed E-state index contributed by atoms with van der Waals surface area (Å²) in [6.45, 7) is 0. The zero-order chi connectivity index (χ0) is 33.1. The van der Waals surface area contributed by atoms with Crippen LogP contribution in [0.15, 0.2) is 59.1 Å². The van der Waals surface area contributed by atoms with Crippen molar-refractivity contribution in [3.63, 3.8) is 0 Å². The average molecular weight is 620 g/mol. The van der Waals surface area contributed by atoms with Crippen molar-refractivity contribution >= 4 is 40.8 Å². The molecule has 14 heteroatoms. The maximum atomic E-state index is 14.1. The third-order valence-electron chi connectivity index (χ3n) is 8.69. The van der Waals surface area contributed by atoms with Crippen molar-refractivity contribution in [2.24, 2.45) is 17.6 Å². The number of nitrogens with two attached hydrogens (primary N) is 1. The zero-order valence-electron chi connectivity index (χ0n) is 24.9. The number of carbonyl (C=O) groups excluding carboxylic acids is 5. The van der Waals surface area contributed by atoms with Gasteiger partial charge in [-0.3, -0.25) is 29.4 Å². The fourth-order valence-electron chi connectivity index (χ4n) is 6.71. The van der Waals surface area contributed by atoms with E-state index < -0.39 is 75.7 Å². The van der Waals surface area contributed by atoms with Crippen molar-refractivity contribution in [3.05, 3.63) is 75.8 Å². The monoisotopic (exact) mass is 619 g/mol. The van der Waals surface area contributed by atoms with Crippen molar-refractivity contribution in [1.82, 2.24) is 10.2 Å². The van der Waals surface area contributed by atoms with E-state index in [1.807, 2.05) is 0 Å². The second-order valence-electron chi connectivity index (χ2n) is 11.8. The first kappa shape index (κ1) is 31.2. The van der Waals surface area contributed by atoms with Gasteiger partial charge in [-0.1, -0.05) is 18.2 Å². The van der Waals surface area contributed by atoms with E-state index in [1.54, 1.807) is 51.3 Å². The molecule has 0 saturated heterocycles. The molecule has 0 saturated carbocycles. The zero-order valence-corrected chi connectivity index (χ0v) is 24.9. The summed E-state index contributed by atoms with van der Waals surface area (Å²) in [5, 5.41) is 50.0. The Bertz CT molecular complexity index is 1730. The van der Waals surface area contributed by atoms with Crippen molar-refractivity contribution < 1.29 is 44.4 Å². The second kappa shape index (κ2) is 11.1. The molecular weight excluding hydrogens is 586 g/mol. The lowest BCUT2D eigenvalue weighted by Crippen LogP contribution is -2.63. The third kappa shape index (κ3) is 4.78. The quantitative estimate of drug-likeness (QED) is 0.186. The molecule has 14 nitrogen and oxygen atoms in total. The first-order valence-electron chi connectivity index (χ1n) is 14.0. The van der Waals surface area contributed by atoms with Gasteiger partial charge in [0.15, 0.2) is 17.1 Å². The molecule has 4 atom stereocenters. The minimum absolute atomic E-state index is 0.0641. The van der Waals surface area contributed by atoms with E-state index in [1.165, 1.54) is 23.1 Å². The number of fused-ring (bicyclic) bond motifs is 3. The first-order valence-corrected chi connectivity index (χ1v) is 14.0.